The topological polar surface area (TPSA) is 79.0 Å². The van der Waals surface area contributed by atoms with Crippen molar-refractivity contribution in [3.8, 4) is 0 Å². The van der Waals surface area contributed by atoms with E-state index in [0.717, 1.165) is 6.42 Å². The van der Waals surface area contributed by atoms with Gasteiger partial charge in [-0.25, -0.2) is 0 Å². The highest BCUT2D eigenvalue weighted by molar-refractivity contribution is 5.02. The first-order valence-electron chi connectivity index (χ1n) is 4.70. The van der Waals surface area contributed by atoms with Crippen LogP contribution in [0.25, 0.3) is 0 Å². The molecule has 13 heavy (non-hydrogen) atoms. The van der Waals surface area contributed by atoms with E-state index in [9.17, 15) is 5.11 Å². The van der Waals surface area contributed by atoms with Crippen molar-refractivity contribution in [2.75, 3.05) is 13.2 Å². The zero-order valence-electron chi connectivity index (χ0n) is 8.23. The number of aliphatic hydroxyl groups is 2. The monoisotopic (exact) mass is 189 g/mol. The van der Waals surface area contributed by atoms with Crippen LogP contribution in [0, 0.1) is 5.92 Å². The second-order valence-electron chi connectivity index (χ2n) is 4.25. The van der Waals surface area contributed by atoms with E-state index in [0.29, 0.717) is 12.5 Å². The van der Waals surface area contributed by atoms with Gasteiger partial charge in [0.1, 0.15) is 11.7 Å². The summed E-state index contributed by atoms with van der Waals surface area (Å²) in [7, 11) is 0. The van der Waals surface area contributed by atoms with Crippen molar-refractivity contribution < 1.29 is 14.9 Å². The standard InChI is InChI=1S/C9H19NO3/c1-6(2)3-7(10)8(12)9(4-11)5-13-9/h6-8,11-12H,3-5,10H2,1-2H3. The largest absolute Gasteiger partial charge is 0.393 e. The third-order valence-electron chi connectivity index (χ3n) is 2.47. The Morgan fingerprint density at radius 3 is 2.38 bits per heavy atom. The number of rotatable bonds is 5. The predicted molar refractivity (Wildman–Crippen MR) is 49.2 cm³/mol. The molecule has 1 aliphatic rings. The second-order valence-corrected chi connectivity index (χ2v) is 4.25. The Balaban J connectivity index is 2.42. The molecule has 3 unspecified atom stereocenters. The number of hydrogen-bond donors (Lipinski definition) is 3. The average molecular weight is 189 g/mol. The summed E-state index contributed by atoms with van der Waals surface area (Å²) in [6.07, 6.45) is -0.00775. The van der Waals surface area contributed by atoms with Crippen molar-refractivity contribution in [1.29, 1.82) is 0 Å². The van der Waals surface area contributed by atoms with Crippen LogP contribution in [0.3, 0.4) is 0 Å². The Kier molecular flexibility index (Phi) is 3.29. The van der Waals surface area contributed by atoms with E-state index in [1.54, 1.807) is 0 Å². The fourth-order valence-corrected chi connectivity index (χ4v) is 1.51. The van der Waals surface area contributed by atoms with Crippen molar-refractivity contribution in [3.05, 3.63) is 0 Å². The Morgan fingerprint density at radius 1 is 1.54 bits per heavy atom. The minimum absolute atomic E-state index is 0.153. The van der Waals surface area contributed by atoms with Gasteiger partial charge in [-0.15, -0.1) is 0 Å². The lowest BCUT2D eigenvalue weighted by Gasteiger charge is -2.24. The fourth-order valence-electron chi connectivity index (χ4n) is 1.51. The molecule has 4 heteroatoms. The summed E-state index contributed by atoms with van der Waals surface area (Å²) < 4.78 is 5.03. The molecular formula is C9H19NO3. The maximum absolute atomic E-state index is 9.75. The molecule has 1 fully saturated rings. The molecule has 3 atom stereocenters. The summed E-state index contributed by atoms with van der Waals surface area (Å²) >= 11 is 0. The minimum atomic E-state index is -0.756. The highest BCUT2D eigenvalue weighted by Gasteiger charge is 2.52. The smallest absolute Gasteiger partial charge is 0.142 e. The molecule has 0 aliphatic carbocycles. The summed E-state index contributed by atoms with van der Waals surface area (Å²) in [6, 6.07) is -0.311. The molecule has 0 bridgehead atoms. The van der Waals surface area contributed by atoms with Crippen LogP contribution in [0.5, 0.6) is 0 Å². The van der Waals surface area contributed by atoms with Crippen LogP contribution in [0.2, 0.25) is 0 Å². The highest BCUT2D eigenvalue weighted by atomic mass is 16.6. The van der Waals surface area contributed by atoms with Gasteiger partial charge in [-0.05, 0) is 12.3 Å². The van der Waals surface area contributed by atoms with E-state index in [1.165, 1.54) is 0 Å². The van der Waals surface area contributed by atoms with E-state index in [2.05, 4.69) is 0 Å². The van der Waals surface area contributed by atoms with E-state index < -0.39 is 11.7 Å². The Bertz CT molecular complexity index is 168. The molecule has 0 spiro atoms. The lowest BCUT2D eigenvalue weighted by molar-refractivity contribution is 0.0168. The van der Waals surface area contributed by atoms with Gasteiger partial charge in [-0.3, -0.25) is 0 Å². The van der Waals surface area contributed by atoms with Crippen LogP contribution < -0.4 is 5.73 Å². The van der Waals surface area contributed by atoms with Gasteiger partial charge < -0.3 is 20.7 Å². The zero-order valence-corrected chi connectivity index (χ0v) is 8.23. The third-order valence-corrected chi connectivity index (χ3v) is 2.47. The molecule has 78 valence electrons. The summed E-state index contributed by atoms with van der Waals surface area (Å²) in [5, 5.41) is 18.7. The Morgan fingerprint density at radius 2 is 2.08 bits per heavy atom. The summed E-state index contributed by atoms with van der Waals surface area (Å²) in [4.78, 5) is 0. The van der Waals surface area contributed by atoms with Crippen molar-refractivity contribution >= 4 is 0 Å². The van der Waals surface area contributed by atoms with Crippen LogP contribution in [-0.2, 0) is 4.74 Å². The maximum atomic E-state index is 9.75. The second kappa shape index (κ2) is 3.92. The molecule has 0 radical (unpaired) electrons. The molecule has 0 aromatic carbocycles. The molecule has 1 aliphatic heterocycles. The average Bonchev–Trinajstić information content (AvgIpc) is 2.82. The number of nitrogens with two attached hydrogens (primary N) is 1. The fraction of sp³-hybridized carbons (Fsp3) is 1.00. The van der Waals surface area contributed by atoms with Crippen molar-refractivity contribution in [3.63, 3.8) is 0 Å². The number of epoxide rings is 1. The van der Waals surface area contributed by atoms with Gasteiger partial charge in [0.25, 0.3) is 0 Å². The van der Waals surface area contributed by atoms with Crippen LogP contribution in [0.15, 0.2) is 0 Å². The number of aliphatic hydroxyl groups excluding tert-OH is 2. The zero-order chi connectivity index (χ0) is 10.1. The van der Waals surface area contributed by atoms with Crippen LogP contribution in [0.4, 0.5) is 0 Å². The van der Waals surface area contributed by atoms with Gasteiger partial charge in [0.2, 0.25) is 0 Å². The van der Waals surface area contributed by atoms with Gasteiger partial charge in [-0.2, -0.15) is 0 Å². The summed E-state index contributed by atoms with van der Waals surface area (Å²) in [5.74, 6) is 0.444. The van der Waals surface area contributed by atoms with Gasteiger partial charge in [-0.1, -0.05) is 13.8 Å². The quantitative estimate of drug-likeness (QED) is 0.509. The third kappa shape index (κ3) is 2.40. The van der Waals surface area contributed by atoms with Crippen LogP contribution in [-0.4, -0.2) is 41.2 Å². The van der Waals surface area contributed by atoms with E-state index in [4.69, 9.17) is 15.6 Å². The summed E-state index contributed by atoms with van der Waals surface area (Å²) in [5.41, 5.74) is 5.02. The molecule has 1 heterocycles. The molecule has 1 saturated heterocycles. The van der Waals surface area contributed by atoms with E-state index in [-0.39, 0.29) is 12.6 Å². The molecular weight excluding hydrogens is 170 g/mol. The van der Waals surface area contributed by atoms with Crippen molar-refractivity contribution in [2.45, 2.75) is 38.0 Å². The maximum Gasteiger partial charge on any atom is 0.142 e. The first kappa shape index (κ1) is 10.9. The summed E-state index contributed by atoms with van der Waals surface area (Å²) in [6.45, 7) is 4.36. The molecule has 0 saturated carbocycles. The van der Waals surface area contributed by atoms with E-state index >= 15 is 0 Å². The van der Waals surface area contributed by atoms with Crippen LogP contribution >= 0.6 is 0 Å². The highest BCUT2D eigenvalue weighted by Crippen LogP contribution is 2.32. The van der Waals surface area contributed by atoms with Gasteiger partial charge in [0.15, 0.2) is 0 Å². The number of hydrogen-bond acceptors (Lipinski definition) is 4. The van der Waals surface area contributed by atoms with Gasteiger partial charge in [0, 0.05) is 6.04 Å². The molecule has 4 N–H and O–H groups in total. The molecule has 4 nitrogen and oxygen atoms in total. The Hall–Kier alpha value is -0.160. The number of ether oxygens (including phenoxy) is 1. The van der Waals surface area contributed by atoms with Crippen LogP contribution in [0.1, 0.15) is 20.3 Å². The normalized spacial score (nSPS) is 31.8. The Labute approximate surface area is 78.7 Å². The van der Waals surface area contributed by atoms with Crippen molar-refractivity contribution in [2.24, 2.45) is 11.7 Å². The first-order valence-corrected chi connectivity index (χ1v) is 4.70. The lowest BCUT2D eigenvalue weighted by atomic mass is 9.92. The molecule has 1 rings (SSSR count). The molecule has 0 aromatic rings. The predicted octanol–water partition coefficient (Wildman–Crippen LogP) is -0.518. The lowest BCUT2D eigenvalue weighted by Crippen LogP contribution is -2.47. The minimum Gasteiger partial charge on any atom is -0.393 e. The molecule has 0 aromatic heterocycles. The molecule has 0 amide bonds. The first-order chi connectivity index (χ1) is 6.02. The van der Waals surface area contributed by atoms with E-state index in [1.807, 2.05) is 13.8 Å². The van der Waals surface area contributed by atoms with Gasteiger partial charge in [0.05, 0.1) is 13.2 Å². The van der Waals surface area contributed by atoms with Gasteiger partial charge >= 0.3 is 0 Å². The van der Waals surface area contributed by atoms with Crippen molar-refractivity contribution in [1.82, 2.24) is 0 Å². The SMILES string of the molecule is CC(C)CC(N)C(O)C1(CO)CO1.